The molecule has 3 heterocycles. The summed E-state index contributed by atoms with van der Waals surface area (Å²) in [5, 5.41) is 1.16. The van der Waals surface area contributed by atoms with Gasteiger partial charge in [0.05, 0.1) is 18.7 Å². The number of morpholine rings is 1. The number of pyridine rings is 1. The first kappa shape index (κ1) is 17.8. The average Bonchev–Trinajstić information content (AvgIpc) is 3.22. The fourth-order valence-electron chi connectivity index (χ4n) is 5.05. The van der Waals surface area contributed by atoms with Crippen LogP contribution in [-0.2, 0) is 11.3 Å². The molecular formula is C23H28N4O. The molecule has 3 aromatic rings. The van der Waals surface area contributed by atoms with Crippen LogP contribution in [0.3, 0.4) is 0 Å². The molecule has 0 atom stereocenters. The summed E-state index contributed by atoms with van der Waals surface area (Å²) in [5.74, 6) is 1.06. The zero-order valence-electron chi connectivity index (χ0n) is 16.4. The summed E-state index contributed by atoms with van der Waals surface area (Å²) in [7, 11) is 0. The summed E-state index contributed by atoms with van der Waals surface area (Å²) in [6, 6.07) is 10.6. The van der Waals surface area contributed by atoms with Crippen LogP contribution in [0.1, 0.15) is 32.1 Å². The summed E-state index contributed by atoms with van der Waals surface area (Å²) in [6.07, 6.45) is 12.5. The minimum Gasteiger partial charge on any atom is -0.379 e. The third-order valence-electron chi connectivity index (χ3n) is 6.51. The number of fused-ring (bicyclic) bond motifs is 1. The normalized spacial score (nSPS) is 20.4. The molecule has 0 amide bonds. The van der Waals surface area contributed by atoms with Crippen LogP contribution >= 0.6 is 0 Å². The lowest BCUT2D eigenvalue weighted by Crippen LogP contribution is -2.56. The van der Waals surface area contributed by atoms with Crippen LogP contribution < -0.4 is 0 Å². The SMILES string of the molecule is c1cnc2ccc(-c3nccn3CC3(N4CCOCC4)CCCCC3)cc2c1. The summed E-state index contributed by atoms with van der Waals surface area (Å²) in [4.78, 5) is 11.9. The second-order valence-electron chi connectivity index (χ2n) is 8.17. The summed E-state index contributed by atoms with van der Waals surface area (Å²) in [5.41, 5.74) is 2.43. The van der Waals surface area contributed by atoms with E-state index in [1.54, 1.807) is 0 Å². The predicted octanol–water partition coefficient (Wildman–Crippen LogP) is 4.13. The van der Waals surface area contributed by atoms with Gasteiger partial charge in [0.15, 0.2) is 0 Å². The summed E-state index contributed by atoms with van der Waals surface area (Å²) < 4.78 is 8.01. The van der Waals surface area contributed by atoms with Crippen LogP contribution in [0, 0.1) is 0 Å². The molecule has 0 N–H and O–H groups in total. The molecule has 2 fully saturated rings. The van der Waals surface area contributed by atoms with Crippen molar-refractivity contribution in [2.45, 2.75) is 44.2 Å². The lowest BCUT2D eigenvalue weighted by Gasteiger charge is -2.48. The third-order valence-corrected chi connectivity index (χ3v) is 6.51. The molecule has 146 valence electrons. The summed E-state index contributed by atoms with van der Waals surface area (Å²) >= 11 is 0. The molecule has 28 heavy (non-hydrogen) atoms. The average molecular weight is 377 g/mol. The molecule has 0 spiro atoms. The molecule has 1 aliphatic heterocycles. The number of hydrogen-bond donors (Lipinski definition) is 0. The molecule has 1 aromatic carbocycles. The Kier molecular flexibility index (Phi) is 4.87. The second-order valence-corrected chi connectivity index (χ2v) is 8.17. The van der Waals surface area contributed by atoms with Gasteiger partial charge in [-0.1, -0.05) is 25.3 Å². The van der Waals surface area contributed by atoms with E-state index >= 15 is 0 Å². The number of aromatic nitrogens is 3. The largest absolute Gasteiger partial charge is 0.379 e. The zero-order valence-corrected chi connectivity index (χ0v) is 16.4. The van der Waals surface area contributed by atoms with E-state index in [0.717, 1.165) is 49.6 Å². The Balaban J connectivity index is 1.48. The number of nitrogens with zero attached hydrogens (tertiary/aromatic N) is 4. The Morgan fingerprint density at radius 3 is 2.68 bits per heavy atom. The molecule has 5 rings (SSSR count). The number of hydrogen-bond acceptors (Lipinski definition) is 4. The molecule has 0 radical (unpaired) electrons. The quantitative estimate of drug-likeness (QED) is 0.687. The Bertz CT molecular complexity index is 938. The van der Waals surface area contributed by atoms with E-state index < -0.39 is 0 Å². The van der Waals surface area contributed by atoms with Crippen molar-refractivity contribution in [2.24, 2.45) is 0 Å². The molecular weight excluding hydrogens is 348 g/mol. The zero-order chi connectivity index (χ0) is 18.8. The Morgan fingerprint density at radius 1 is 0.964 bits per heavy atom. The van der Waals surface area contributed by atoms with Gasteiger partial charge in [0.1, 0.15) is 5.82 Å². The number of ether oxygens (including phenoxy) is 1. The van der Waals surface area contributed by atoms with Crippen LogP contribution in [0.5, 0.6) is 0 Å². The number of benzene rings is 1. The van der Waals surface area contributed by atoms with Gasteiger partial charge in [-0.05, 0) is 37.1 Å². The molecule has 0 unspecified atom stereocenters. The molecule has 5 nitrogen and oxygen atoms in total. The van der Waals surface area contributed by atoms with Crippen molar-refractivity contribution < 1.29 is 4.74 Å². The van der Waals surface area contributed by atoms with E-state index in [1.807, 2.05) is 18.5 Å². The van der Waals surface area contributed by atoms with E-state index in [1.165, 1.54) is 37.7 Å². The molecule has 0 bridgehead atoms. The predicted molar refractivity (Wildman–Crippen MR) is 111 cm³/mol. The molecule has 2 aromatic heterocycles. The molecule has 1 aliphatic carbocycles. The van der Waals surface area contributed by atoms with Crippen molar-refractivity contribution in [1.29, 1.82) is 0 Å². The van der Waals surface area contributed by atoms with Gasteiger partial charge in [-0.15, -0.1) is 0 Å². The van der Waals surface area contributed by atoms with Gasteiger partial charge in [-0.25, -0.2) is 4.98 Å². The van der Waals surface area contributed by atoms with Crippen LogP contribution in [0.25, 0.3) is 22.3 Å². The Morgan fingerprint density at radius 2 is 1.82 bits per heavy atom. The van der Waals surface area contributed by atoms with Crippen molar-refractivity contribution in [1.82, 2.24) is 19.4 Å². The maximum atomic E-state index is 5.64. The van der Waals surface area contributed by atoms with E-state index in [0.29, 0.717) is 0 Å². The highest BCUT2D eigenvalue weighted by Crippen LogP contribution is 2.37. The molecule has 2 aliphatic rings. The van der Waals surface area contributed by atoms with Gasteiger partial charge >= 0.3 is 0 Å². The van der Waals surface area contributed by atoms with E-state index in [2.05, 4.69) is 44.9 Å². The van der Waals surface area contributed by atoms with Crippen molar-refractivity contribution in [2.75, 3.05) is 26.3 Å². The van der Waals surface area contributed by atoms with Gasteiger partial charge in [-0.3, -0.25) is 9.88 Å². The van der Waals surface area contributed by atoms with E-state index in [9.17, 15) is 0 Å². The van der Waals surface area contributed by atoms with Crippen molar-refractivity contribution >= 4 is 10.9 Å². The fraction of sp³-hybridized carbons (Fsp3) is 0.478. The maximum absolute atomic E-state index is 5.64. The molecule has 5 heteroatoms. The first-order chi connectivity index (χ1) is 13.8. The van der Waals surface area contributed by atoms with Crippen LogP contribution in [0.15, 0.2) is 48.9 Å². The Labute approximate surface area is 166 Å². The smallest absolute Gasteiger partial charge is 0.139 e. The van der Waals surface area contributed by atoms with Gasteiger partial charge in [0.25, 0.3) is 0 Å². The standard InChI is InChI=1S/C23H28N4O/c1-2-8-23(9-3-1,27-13-15-28-16-14-27)18-26-12-11-25-22(26)20-6-7-21-19(17-20)5-4-10-24-21/h4-7,10-12,17H,1-3,8-9,13-16,18H2. The summed E-state index contributed by atoms with van der Waals surface area (Å²) in [6.45, 7) is 4.82. The highest BCUT2D eigenvalue weighted by Gasteiger charge is 2.39. The van der Waals surface area contributed by atoms with Crippen molar-refractivity contribution in [3.63, 3.8) is 0 Å². The minimum atomic E-state index is 0.232. The van der Waals surface area contributed by atoms with E-state index in [-0.39, 0.29) is 5.54 Å². The first-order valence-electron chi connectivity index (χ1n) is 10.5. The fourth-order valence-corrected chi connectivity index (χ4v) is 5.05. The van der Waals surface area contributed by atoms with Gasteiger partial charge in [-0.2, -0.15) is 0 Å². The van der Waals surface area contributed by atoms with Crippen LogP contribution in [0.4, 0.5) is 0 Å². The monoisotopic (exact) mass is 376 g/mol. The topological polar surface area (TPSA) is 43.2 Å². The molecule has 1 saturated carbocycles. The van der Waals surface area contributed by atoms with Crippen LogP contribution in [0.2, 0.25) is 0 Å². The third kappa shape index (κ3) is 3.33. The Hall–Kier alpha value is -2.24. The van der Waals surface area contributed by atoms with Crippen molar-refractivity contribution in [3.8, 4) is 11.4 Å². The van der Waals surface area contributed by atoms with Crippen molar-refractivity contribution in [3.05, 3.63) is 48.9 Å². The van der Waals surface area contributed by atoms with Crippen LogP contribution in [-0.4, -0.2) is 51.3 Å². The van der Waals surface area contributed by atoms with Gasteiger partial charge in [0, 0.05) is 54.7 Å². The number of rotatable bonds is 4. The first-order valence-corrected chi connectivity index (χ1v) is 10.5. The van der Waals surface area contributed by atoms with Gasteiger partial charge in [0.2, 0.25) is 0 Å². The second kappa shape index (κ2) is 7.64. The molecule has 1 saturated heterocycles. The van der Waals surface area contributed by atoms with Gasteiger partial charge < -0.3 is 9.30 Å². The highest BCUT2D eigenvalue weighted by molar-refractivity contribution is 5.83. The minimum absolute atomic E-state index is 0.232. The van der Waals surface area contributed by atoms with E-state index in [4.69, 9.17) is 9.72 Å². The lowest BCUT2D eigenvalue weighted by molar-refractivity contribution is -0.0444. The number of imidazole rings is 1. The lowest BCUT2D eigenvalue weighted by atomic mass is 9.79. The maximum Gasteiger partial charge on any atom is 0.139 e. The highest BCUT2D eigenvalue weighted by atomic mass is 16.5.